The Balaban J connectivity index is 1.65. The Morgan fingerprint density at radius 3 is 2.95 bits per heavy atom. The maximum Gasteiger partial charge on any atom is 0.229 e. The molecule has 1 saturated carbocycles. The van der Waals surface area contributed by atoms with Crippen LogP contribution in [0.4, 0.5) is 0 Å². The Labute approximate surface area is 122 Å². The highest BCUT2D eigenvalue weighted by atomic mass is 35.5. The van der Waals surface area contributed by atoms with E-state index in [1.807, 2.05) is 25.1 Å². The molecule has 2 N–H and O–H groups in total. The van der Waals surface area contributed by atoms with E-state index in [4.69, 9.17) is 26.6 Å². The van der Waals surface area contributed by atoms with Crippen LogP contribution in [0.5, 0.6) is 5.75 Å². The molecule has 1 aromatic heterocycles. The molecule has 1 heterocycles. The minimum atomic E-state index is -0.0557. The first-order valence-corrected chi connectivity index (χ1v) is 7.01. The Kier molecular flexibility index (Phi) is 3.63. The molecule has 0 saturated heterocycles. The topological polar surface area (TPSA) is 74.2 Å². The molecule has 3 rings (SSSR count). The molecule has 1 unspecified atom stereocenters. The molecule has 20 heavy (non-hydrogen) atoms. The zero-order chi connectivity index (χ0) is 14.1. The molecule has 1 aliphatic carbocycles. The lowest BCUT2D eigenvalue weighted by Crippen LogP contribution is -2.05. The Morgan fingerprint density at radius 1 is 1.50 bits per heavy atom. The number of hydrogen-bond donors (Lipinski definition) is 1. The molecule has 1 aromatic carbocycles. The number of aromatic nitrogens is 2. The van der Waals surface area contributed by atoms with Crippen molar-refractivity contribution in [3.63, 3.8) is 0 Å². The third-order valence-electron chi connectivity index (χ3n) is 3.25. The highest BCUT2D eigenvalue weighted by molar-refractivity contribution is 6.32. The first kappa shape index (κ1) is 13.4. The van der Waals surface area contributed by atoms with E-state index in [2.05, 4.69) is 10.1 Å². The van der Waals surface area contributed by atoms with Crippen molar-refractivity contribution < 1.29 is 9.26 Å². The van der Waals surface area contributed by atoms with E-state index < -0.39 is 0 Å². The fraction of sp³-hybridized carbons (Fsp3) is 0.429. The number of rotatable bonds is 5. The van der Waals surface area contributed by atoms with E-state index in [9.17, 15) is 0 Å². The van der Waals surface area contributed by atoms with E-state index in [-0.39, 0.29) is 12.6 Å². The highest BCUT2D eigenvalue weighted by Gasteiger charge is 2.29. The monoisotopic (exact) mass is 293 g/mol. The number of nitrogens with zero attached hydrogens (tertiary/aromatic N) is 2. The second kappa shape index (κ2) is 5.42. The molecule has 106 valence electrons. The van der Waals surface area contributed by atoms with Gasteiger partial charge in [-0.2, -0.15) is 4.98 Å². The molecule has 1 atom stereocenters. The van der Waals surface area contributed by atoms with Gasteiger partial charge in [0.25, 0.3) is 0 Å². The van der Waals surface area contributed by atoms with Crippen LogP contribution in [0.25, 0.3) is 0 Å². The summed E-state index contributed by atoms with van der Waals surface area (Å²) in [6, 6.07) is 5.47. The summed E-state index contributed by atoms with van der Waals surface area (Å²) in [5.74, 6) is 2.29. The van der Waals surface area contributed by atoms with Crippen molar-refractivity contribution in [2.45, 2.75) is 38.3 Å². The van der Waals surface area contributed by atoms with Gasteiger partial charge in [0, 0.05) is 12.0 Å². The van der Waals surface area contributed by atoms with E-state index in [0.717, 1.165) is 18.4 Å². The summed E-state index contributed by atoms with van der Waals surface area (Å²) in [6.07, 6.45) is 2.26. The van der Waals surface area contributed by atoms with Gasteiger partial charge in [-0.25, -0.2) is 0 Å². The van der Waals surface area contributed by atoms with Crippen LogP contribution < -0.4 is 10.5 Å². The van der Waals surface area contributed by atoms with Crippen molar-refractivity contribution >= 4 is 11.6 Å². The molecule has 0 radical (unpaired) electrons. The molecule has 0 aliphatic heterocycles. The van der Waals surface area contributed by atoms with Crippen LogP contribution in [-0.4, -0.2) is 10.1 Å². The molecule has 2 aromatic rings. The SMILES string of the molecule is CC(N)c1ccc(OCc2noc(C3CC3)n2)c(Cl)c1. The number of ether oxygens (including phenoxy) is 1. The Bertz CT molecular complexity index is 608. The first-order valence-electron chi connectivity index (χ1n) is 6.64. The van der Waals surface area contributed by atoms with E-state index in [0.29, 0.717) is 28.4 Å². The van der Waals surface area contributed by atoms with Gasteiger partial charge in [-0.05, 0) is 37.5 Å². The lowest BCUT2D eigenvalue weighted by atomic mass is 10.1. The van der Waals surface area contributed by atoms with Crippen LogP contribution >= 0.6 is 11.6 Å². The smallest absolute Gasteiger partial charge is 0.229 e. The molecular formula is C14H16ClN3O2. The number of hydrogen-bond acceptors (Lipinski definition) is 5. The number of nitrogens with two attached hydrogens (primary N) is 1. The summed E-state index contributed by atoms with van der Waals surface area (Å²) in [7, 11) is 0. The van der Waals surface area contributed by atoms with Crippen LogP contribution in [0, 0.1) is 0 Å². The summed E-state index contributed by atoms with van der Waals surface area (Å²) in [5, 5.41) is 4.43. The quantitative estimate of drug-likeness (QED) is 0.916. The van der Waals surface area contributed by atoms with E-state index in [1.165, 1.54) is 0 Å². The van der Waals surface area contributed by atoms with Gasteiger partial charge in [-0.1, -0.05) is 22.8 Å². The fourth-order valence-electron chi connectivity index (χ4n) is 1.88. The number of halogens is 1. The summed E-state index contributed by atoms with van der Waals surface area (Å²) >= 11 is 6.16. The molecule has 0 amide bonds. The van der Waals surface area contributed by atoms with Gasteiger partial charge in [0.2, 0.25) is 11.7 Å². The van der Waals surface area contributed by atoms with E-state index in [1.54, 1.807) is 0 Å². The van der Waals surface area contributed by atoms with Gasteiger partial charge in [-0.3, -0.25) is 0 Å². The average Bonchev–Trinajstić information content (AvgIpc) is 3.17. The van der Waals surface area contributed by atoms with Crippen LogP contribution in [0.2, 0.25) is 5.02 Å². The van der Waals surface area contributed by atoms with Crippen molar-refractivity contribution in [1.29, 1.82) is 0 Å². The lowest BCUT2D eigenvalue weighted by molar-refractivity contribution is 0.285. The van der Waals surface area contributed by atoms with Crippen molar-refractivity contribution in [2.75, 3.05) is 0 Å². The van der Waals surface area contributed by atoms with Crippen molar-refractivity contribution in [1.82, 2.24) is 10.1 Å². The van der Waals surface area contributed by atoms with Crippen LogP contribution in [-0.2, 0) is 6.61 Å². The van der Waals surface area contributed by atoms with Crippen LogP contribution in [0.15, 0.2) is 22.7 Å². The molecule has 0 spiro atoms. The largest absolute Gasteiger partial charge is 0.484 e. The zero-order valence-electron chi connectivity index (χ0n) is 11.2. The van der Waals surface area contributed by atoms with Crippen molar-refractivity contribution in [3.05, 3.63) is 40.5 Å². The van der Waals surface area contributed by atoms with Gasteiger partial charge >= 0.3 is 0 Å². The minimum Gasteiger partial charge on any atom is -0.484 e. The molecule has 6 heteroatoms. The number of benzene rings is 1. The van der Waals surface area contributed by atoms with Gasteiger partial charge in [-0.15, -0.1) is 0 Å². The molecule has 1 aliphatic rings. The molecule has 5 nitrogen and oxygen atoms in total. The predicted molar refractivity (Wildman–Crippen MR) is 74.7 cm³/mol. The average molecular weight is 294 g/mol. The minimum absolute atomic E-state index is 0.0557. The maximum atomic E-state index is 6.16. The highest BCUT2D eigenvalue weighted by Crippen LogP contribution is 2.38. The normalized spacial score (nSPS) is 16.1. The van der Waals surface area contributed by atoms with Gasteiger partial charge < -0.3 is 15.0 Å². The van der Waals surface area contributed by atoms with E-state index >= 15 is 0 Å². The zero-order valence-corrected chi connectivity index (χ0v) is 11.9. The van der Waals surface area contributed by atoms with Gasteiger partial charge in [0.1, 0.15) is 5.75 Å². The second-order valence-electron chi connectivity index (χ2n) is 5.09. The standard InChI is InChI=1S/C14H16ClN3O2/c1-8(16)10-4-5-12(11(15)6-10)19-7-13-17-14(20-18-13)9-2-3-9/h4-6,8-9H,2-3,7,16H2,1H3. The van der Waals surface area contributed by atoms with Gasteiger partial charge in [0.15, 0.2) is 6.61 Å². The summed E-state index contributed by atoms with van der Waals surface area (Å²) in [5.41, 5.74) is 6.77. The molecular weight excluding hydrogens is 278 g/mol. The first-order chi connectivity index (χ1) is 9.63. The van der Waals surface area contributed by atoms with Crippen molar-refractivity contribution in [3.8, 4) is 5.75 Å². The van der Waals surface area contributed by atoms with Gasteiger partial charge in [0.05, 0.1) is 5.02 Å². The Morgan fingerprint density at radius 2 is 2.30 bits per heavy atom. The summed E-state index contributed by atoms with van der Waals surface area (Å²) in [6.45, 7) is 2.15. The van der Waals surface area contributed by atoms with Crippen LogP contribution in [0.3, 0.4) is 0 Å². The lowest BCUT2D eigenvalue weighted by Gasteiger charge is -2.10. The molecule has 0 bridgehead atoms. The van der Waals surface area contributed by atoms with Crippen LogP contribution in [0.1, 0.15) is 49.0 Å². The summed E-state index contributed by atoms with van der Waals surface area (Å²) < 4.78 is 10.8. The fourth-order valence-corrected chi connectivity index (χ4v) is 2.13. The summed E-state index contributed by atoms with van der Waals surface area (Å²) in [4.78, 5) is 4.30. The third kappa shape index (κ3) is 2.94. The van der Waals surface area contributed by atoms with Crippen molar-refractivity contribution in [2.24, 2.45) is 5.73 Å². The predicted octanol–water partition coefficient (Wildman–Crippen LogP) is 3.20. The third-order valence-corrected chi connectivity index (χ3v) is 3.54. The molecule has 1 fully saturated rings. The Hall–Kier alpha value is -1.59. The maximum absolute atomic E-state index is 6.16. The second-order valence-corrected chi connectivity index (χ2v) is 5.50.